The maximum atomic E-state index is 13.1. The average molecular weight is 410 g/mol. The number of aliphatic imine (C=N–C) groups is 1. The molecule has 2 unspecified atom stereocenters. The lowest BCUT2D eigenvalue weighted by Crippen LogP contribution is -2.39. The quantitative estimate of drug-likeness (QED) is 0.455. The van der Waals surface area contributed by atoms with Gasteiger partial charge in [0.1, 0.15) is 5.71 Å². The van der Waals surface area contributed by atoms with Crippen molar-refractivity contribution in [1.29, 1.82) is 0 Å². The van der Waals surface area contributed by atoms with Crippen molar-refractivity contribution in [1.82, 2.24) is 4.90 Å². The van der Waals surface area contributed by atoms with E-state index < -0.39 is 36.7 Å². The van der Waals surface area contributed by atoms with E-state index in [1.165, 1.54) is 6.08 Å². The number of hydrogen-bond donors (Lipinski definition) is 0. The fourth-order valence-corrected chi connectivity index (χ4v) is 3.57. The highest BCUT2D eigenvalue weighted by Crippen LogP contribution is 2.30. The first-order chi connectivity index (χ1) is 12.9. The van der Waals surface area contributed by atoms with Gasteiger partial charge < -0.3 is 0 Å². The summed E-state index contributed by atoms with van der Waals surface area (Å²) in [5.74, 6) is -0.406. The standard InChI is InChI=1S/C19H24F6N2O/c1-12-6-7-13(2)27(12)11-16(28)15-9-17(19(23,24)25)26-10-14(15)5-3-4-8-18(20,21)22/h3-4,12-13H,5-11H2,1-2H3. The van der Waals surface area contributed by atoms with Crippen molar-refractivity contribution in [3.63, 3.8) is 0 Å². The first kappa shape index (κ1) is 22.6. The molecule has 0 radical (unpaired) electrons. The van der Waals surface area contributed by atoms with Gasteiger partial charge in [-0.15, -0.1) is 0 Å². The lowest BCUT2D eigenvalue weighted by molar-refractivity contribution is -0.125. The largest absolute Gasteiger partial charge is 0.429 e. The van der Waals surface area contributed by atoms with Gasteiger partial charge in [-0.1, -0.05) is 12.2 Å². The molecule has 0 aromatic carbocycles. The number of allylic oxidation sites excluding steroid dienone is 2. The van der Waals surface area contributed by atoms with Crippen LogP contribution in [0, 0.1) is 0 Å². The predicted octanol–water partition coefficient (Wildman–Crippen LogP) is 5.03. The third-order valence-electron chi connectivity index (χ3n) is 5.24. The number of ketones is 1. The SMILES string of the molecule is CC1CCC(C)N1CC(=O)C1=C(CC=CCC(F)(F)F)CN=C(C(F)(F)F)C1. The summed E-state index contributed by atoms with van der Waals surface area (Å²) in [5.41, 5.74) is -0.623. The molecule has 1 saturated heterocycles. The van der Waals surface area contributed by atoms with E-state index in [1.807, 2.05) is 18.7 Å². The minimum absolute atomic E-state index is 0.0125. The van der Waals surface area contributed by atoms with Gasteiger partial charge in [-0.25, -0.2) is 0 Å². The number of carbonyl (C=O) groups is 1. The zero-order valence-electron chi connectivity index (χ0n) is 15.8. The fraction of sp³-hybridized carbons (Fsp3) is 0.684. The number of dihydropyridines is 1. The minimum Gasteiger partial charge on any atom is -0.293 e. The molecule has 0 aromatic rings. The van der Waals surface area contributed by atoms with Gasteiger partial charge in [-0.05, 0) is 38.7 Å². The number of nitrogens with zero attached hydrogens (tertiary/aromatic N) is 2. The Labute approximate surface area is 160 Å². The van der Waals surface area contributed by atoms with Crippen LogP contribution in [-0.2, 0) is 4.79 Å². The summed E-state index contributed by atoms with van der Waals surface area (Å²) in [6.07, 6.45) is -6.75. The highest BCUT2D eigenvalue weighted by molar-refractivity contribution is 6.06. The first-order valence-electron chi connectivity index (χ1n) is 9.20. The molecule has 0 aromatic heterocycles. The lowest BCUT2D eigenvalue weighted by atomic mass is 9.92. The van der Waals surface area contributed by atoms with Crippen LogP contribution in [0.15, 0.2) is 28.3 Å². The van der Waals surface area contributed by atoms with Crippen LogP contribution in [0.3, 0.4) is 0 Å². The summed E-state index contributed by atoms with van der Waals surface area (Å²) >= 11 is 0. The van der Waals surface area contributed by atoms with Crippen LogP contribution in [-0.4, -0.2) is 53.9 Å². The summed E-state index contributed by atoms with van der Waals surface area (Å²) in [7, 11) is 0. The molecule has 2 atom stereocenters. The van der Waals surface area contributed by atoms with Gasteiger partial charge in [-0.3, -0.25) is 14.7 Å². The number of halogens is 6. The van der Waals surface area contributed by atoms with Crippen molar-refractivity contribution in [2.75, 3.05) is 13.1 Å². The summed E-state index contributed by atoms with van der Waals surface area (Å²) in [6, 6.07) is 0.322. The smallest absolute Gasteiger partial charge is 0.293 e. The molecule has 2 rings (SSSR count). The van der Waals surface area contributed by atoms with E-state index in [9.17, 15) is 31.1 Å². The van der Waals surface area contributed by atoms with E-state index in [0.29, 0.717) is 5.57 Å². The third-order valence-corrected chi connectivity index (χ3v) is 5.24. The number of Topliss-reactive ketones (excluding diaryl/α,β-unsaturated/α-hetero) is 1. The molecule has 0 bridgehead atoms. The van der Waals surface area contributed by atoms with E-state index in [1.54, 1.807) is 0 Å². The Balaban J connectivity index is 2.17. The van der Waals surface area contributed by atoms with Gasteiger partial charge in [-0.2, -0.15) is 26.3 Å². The van der Waals surface area contributed by atoms with Crippen LogP contribution in [0.2, 0.25) is 0 Å². The molecule has 2 aliphatic heterocycles. The zero-order chi connectivity index (χ0) is 21.1. The van der Waals surface area contributed by atoms with Gasteiger partial charge in [0.25, 0.3) is 0 Å². The summed E-state index contributed by atoms with van der Waals surface area (Å²) in [4.78, 5) is 18.3. The van der Waals surface area contributed by atoms with Crippen LogP contribution in [0.5, 0.6) is 0 Å². The van der Waals surface area contributed by atoms with Crippen molar-refractivity contribution in [2.45, 2.75) is 70.4 Å². The van der Waals surface area contributed by atoms with E-state index >= 15 is 0 Å². The minimum atomic E-state index is -4.63. The molecule has 28 heavy (non-hydrogen) atoms. The highest BCUT2D eigenvalue weighted by atomic mass is 19.4. The van der Waals surface area contributed by atoms with Crippen LogP contribution >= 0.6 is 0 Å². The number of rotatable bonds is 6. The maximum absolute atomic E-state index is 13.1. The third kappa shape index (κ3) is 6.18. The van der Waals surface area contributed by atoms with Crippen molar-refractivity contribution >= 4 is 11.5 Å². The molecule has 0 saturated carbocycles. The van der Waals surface area contributed by atoms with Gasteiger partial charge >= 0.3 is 12.4 Å². The van der Waals surface area contributed by atoms with Crippen molar-refractivity contribution < 1.29 is 31.1 Å². The second kappa shape index (κ2) is 8.80. The normalized spacial score (nSPS) is 24.9. The molecule has 9 heteroatoms. The van der Waals surface area contributed by atoms with Gasteiger partial charge in [0.15, 0.2) is 5.78 Å². The molecule has 0 spiro atoms. The Morgan fingerprint density at radius 2 is 1.71 bits per heavy atom. The average Bonchev–Trinajstić information content (AvgIpc) is 2.89. The molecular weight excluding hydrogens is 386 g/mol. The Bertz CT molecular complexity index is 665. The molecule has 0 N–H and O–H groups in total. The van der Waals surface area contributed by atoms with Crippen molar-refractivity contribution in [2.24, 2.45) is 4.99 Å². The number of hydrogen-bond acceptors (Lipinski definition) is 3. The predicted molar refractivity (Wildman–Crippen MR) is 94.3 cm³/mol. The molecule has 0 amide bonds. The molecule has 2 heterocycles. The van der Waals surface area contributed by atoms with E-state index in [-0.39, 0.29) is 37.2 Å². The van der Waals surface area contributed by atoms with Crippen LogP contribution < -0.4 is 0 Å². The number of alkyl halides is 6. The summed E-state index contributed by atoms with van der Waals surface area (Å²) in [5, 5.41) is 0. The van der Waals surface area contributed by atoms with Gasteiger partial charge in [0, 0.05) is 24.1 Å². The van der Waals surface area contributed by atoms with Gasteiger partial charge in [0.2, 0.25) is 0 Å². The van der Waals surface area contributed by atoms with Crippen LogP contribution in [0.25, 0.3) is 0 Å². The second-order valence-electron chi connectivity index (χ2n) is 7.39. The zero-order valence-corrected chi connectivity index (χ0v) is 15.8. The monoisotopic (exact) mass is 410 g/mol. The Morgan fingerprint density at radius 3 is 2.25 bits per heavy atom. The van der Waals surface area contributed by atoms with E-state index in [0.717, 1.165) is 18.9 Å². The Morgan fingerprint density at radius 1 is 1.11 bits per heavy atom. The summed E-state index contributed by atoms with van der Waals surface area (Å²) < 4.78 is 75.9. The lowest BCUT2D eigenvalue weighted by Gasteiger charge is -2.27. The summed E-state index contributed by atoms with van der Waals surface area (Å²) in [6.45, 7) is 3.63. The van der Waals surface area contributed by atoms with Crippen LogP contribution in [0.1, 0.15) is 46.0 Å². The fourth-order valence-electron chi connectivity index (χ4n) is 3.57. The van der Waals surface area contributed by atoms with Crippen LogP contribution in [0.4, 0.5) is 26.3 Å². The highest BCUT2D eigenvalue weighted by Gasteiger charge is 2.39. The molecule has 3 nitrogen and oxygen atoms in total. The number of likely N-dealkylation sites (tertiary alicyclic amines) is 1. The topological polar surface area (TPSA) is 32.7 Å². The second-order valence-corrected chi connectivity index (χ2v) is 7.39. The first-order valence-corrected chi connectivity index (χ1v) is 9.20. The molecule has 2 aliphatic rings. The van der Waals surface area contributed by atoms with E-state index in [4.69, 9.17) is 0 Å². The molecular formula is C19H24F6N2O. The van der Waals surface area contributed by atoms with Gasteiger partial charge in [0.05, 0.1) is 19.5 Å². The molecule has 1 fully saturated rings. The number of carbonyl (C=O) groups excluding carboxylic acids is 1. The maximum Gasteiger partial charge on any atom is 0.429 e. The Hall–Kier alpha value is -1.64. The van der Waals surface area contributed by atoms with E-state index in [2.05, 4.69) is 4.99 Å². The Kier molecular flexibility index (Phi) is 7.12. The molecule has 158 valence electrons. The molecule has 0 aliphatic carbocycles. The van der Waals surface area contributed by atoms with Crippen molar-refractivity contribution in [3.8, 4) is 0 Å². The van der Waals surface area contributed by atoms with Crippen molar-refractivity contribution in [3.05, 3.63) is 23.3 Å².